The van der Waals surface area contributed by atoms with E-state index in [1.165, 1.54) is 0 Å². The fourth-order valence-corrected chi connectivity index (χ4v) is 0.877. The van der Waals surface area contributed by atoms with Crippen molar-refractivity contribution >= 4 is 23.3 Å². The number of primary amides is 1. The fourth-order valence-electron chi connectivity index (χ4n) is 0.357. The normalized spacial score (nSPS) is 12.6. The summed E-state index contributed by atoms with van der Waals surface area (Å²) in [4.78, 5) is 20.2. The van der Waals surface area contributed by atoms with E-state index in [0.29, 0.717) is 6.42 Å². The van der Waals surface area contributed by atoms with Gasteiger partial charge in [-0.1, -0.05) is 18.7 Å². The average molecular weight is 147 g/mol. The molecule has 1 atom stereocenters. The molecule has 0 aliphatic carbocycles. The van der Waals surface area contributed by atoms with Crippen LogP contribution in [0.4, 0.5) is 4.79 Å². The highest BCUT2D eigenvalue weighted by Crippen LogP contribution is 2.10. The van der Waals surface area contributed by atoms with Crippen LogP contribution in [-0.4, -0.2) is 16.8 Å². The Morgan fingerprint density at radius 2 is 2.44 bits per heavy atom. The van der Waals surface area contributed by atoms with Crippen LogP contribution in [0, 0.1) is 0 Å². The lowest BCUT2D eigenvalue weighted by Gasteiger charge is -1.99. The van der Waals surface area contributed by atoms with E-state index in [-0.39, 0.29) is 5.25 Å². The van der Waals surface area contributed by atoms with Crippen molar-refractivity contribution in [3.05, 3.63) is 0 Å². The summed E-state index contributed by atoms with van der Waals surface area (Å²) in [7, 11) is 0. The van der Waals surface area contributed by atoms with Crippen LogP contribution in [0.2, 0.25) is 0 Å². The molecule has 0 saturated carbocycles. The van der Waals surface area contributed by atoms with E-state index in [2.05, 4.69) is 0 Å². The van der Waals surface area contributed by atoms with Crippen molar-refractivity contribution < 1.29 is 9.59 Å². The molecule has 1 amide bonds. The Balaban J connectivity index is 3.55. The third kappa shape index (κ3) is 4.02. The van der Waals surface area contributed by atoms with Crippen LogP contribution in [0.25, 0.3) is 0 Å². The molecule has 0 radical (unpaired) electrons. The second-order valence-electron chi connectivity index (χ2n) is 1.52. The van der Waals surface area contributed by atoms with Crippen molar-refractivity contribution in [1.29, 1.82) is 0 Å². The molecular weight excluding hydrogens is 138 g/mol. The second kappa shape index (κ2) is 4.38. The SMILES string of the molecule is CC[C@@H](C=O)SC(N)=O. The van der Waals surface area contributed by atoms with Crippen LogP contribution in [0.5, 0.6) is 0 Å². The quantitative estimate of drug-likeness (QED) is 0.600. The summed E-state index contributed by atoms with van der Waals surface area (Å²) in [5, 5.41) is -0.753. The van der Waals surface area contributed by atoms with Gasteiger partial charge in [0, 0.05) is 0 Å². The summed E-state index contributed by atoms with van der Waals surface area (Å²) in [6.07, 6.45) is 1.38. The van der Waals surface area contributed by atoms with Crippen molar-refractivity contribution in [2.24, 2.45) is 5.73 Å². The number of carbonyl (C=O) groups is 2. The van der Waals surface area contributed by atoms with Crippen LogP contribution in [0.15, 0.2) is 0 Å². The Kier molecular flexibility index (Phi) is 4.13. The monoisotopic (exact) mass is 147 g/mol. The van der Waals surface area contributed by atoms with Gasteiger partial charge in [0.25, 0.3) is 5.24 Å². The molecule has 0 bridgehead atoms. The lowest BCUT2D eigenvalue weighted by molar-refractivity contribution is -0.107. The summed E-state index contributed by atoms with van der Waals surface area (Å²) in [6, 6.07) is 0. The zero-order valence-corrected chi connectivity index (χ0v) is 5.98. The van der Waals surface area contributed by atoms with Gasteiger partial charge in [-0.05, 0) is 6.42 Å². The first kappa shape index (κ1) is 8.49. The molecule has 0 heterocycles. The van der Waals surface area contributed by atoms with Crippen LogP contribution in [0.3, 0.4) is 0 Å². The summed E-state index contributed by atoms with van der Waals surface area (Å²) < 4.78 is 0. The van der Waals surface area contributed by atoms with Crippen LogP contribution in [-0.2, 0) is 4.79 Å². The van der Waals surface area contributed by atoms with Crippen molar-refractivity contribution in [3.8, 4) is 0 Å². The Bertz CT molecular complexity index is 116. The van der Waals surface area contributed by atoms with Crippen LogP contribution < -0.4 is 5.73 Å². The largest absolute Gasteiger partial charge is 0.360 e. The van der Waals surface area contributed by atoms with Crippen molar-refractivity contribution in [2.45, 2.75) is 18.6 Å². The number of carbonyl (C=O) groups excluding carboxylic acids is 2. The van der Waals surface area contributed by atoms with Gasteiger partial charge in [0.1, 0.15) is 6.29 Å². The van der Waals surface area contributed by atoms with Gasteiger partial charge >= 0.3 is 0 Å². The van der Waals surface area contributed by atoms with E-state index in [9.17, 15) is 9.59 Å². The summed E-state index contributed by atoms with van der Waals surface area (Å²) in [5.41, 5.74) is 4.81. The maximum Gasteiger partial charge on any atom is 0.277 e. The first-order chi connectivity index (χ1) is 4.20. The molecule has 0 aliphatic rings. The number of rotatable bonds is 3. The molecule has 0 unspecified atom stereocenters. The number of aldehydes is 1. The lowest BCUT2D eigenvalue weighted by Crippen LogP contribution is -2.11. The molecule has 2 N–H and O–H groups in total. The maximum atomic E-state index is 10.2. The first-order valence-corrected chi connectivity index (χ1v) is 3.50. The minimum atomic E-state index is -0.492. The summed E-state index contributed by atoms with van der Waals surface area (Å²) in [6.45, 7) is 1.83. The Labute approximate surface area is 58.0 Å². The third-order valence-corrected chi connectivity index (χ3v) is 1.80. The predicted molar refractivity (Wildman–Crippen MR) is 37.3 cm³/mol. The Morgan fingerprint density at radius 1 is 1.89 bits per heavy atom. The van der Waals surface area contributed by atoms with Gasteiger partial charge in [-0.25, -0.2) is 0 Å². The van der Waals surface area contributed by atoms with E-state index in [1.807, 2.05) is 6.92 Å². The molecular formula is C5H9NO2S. The number of hydrogen-bond donors (Lipinski definition) is 1. The Morgan fingerprint density at radius 3 is 2.56 bits per heavy atom. The zero-order chi connectivity index (χ0) is 7.28. The summed E-state index contributed by atoms with van der Waals surface area (Å²) in [5.74, 6) is 0. The Hall–Kier alpha value is -0.510. The van der Waals surface area contributed by atoms with E-state index < -0.39 is 5.24 Å². The van der Waals surface area contributed by atoms with E-state index in [0.717, 1.165) is 18.0 Å². The van der Waals surface area contributed by atoms with Gasteiger partial charge in [-0.3, -0.25) is 4.79 Å². The maximum absolute atomic E-state index is 10.2. The molecule has 52 valence electrons. The highest BCUT2D eigenvalue weighted by Gasteiger charge is 2.07. The molecule has 9 heavy (non-hydrogen) atoms. The molecule has 4 heteroatoms. The third-order valence-electron chi connectivity index (χ3n) is 0.822. The van der Waals surface area contributed by atoms with E-state index in [1.54, 1.807) is 0 Å². The molecule has 0 spiro atoms. The molecule has 0 rings (SSSR count). The topological polar surface area (TPSA) is 60.2 Å². The standard InChI is InChI=1S/C5H9NO2S/c1-2-4(3-7)9-5(6)8/h3-4H,2H2,1H3,(H2,6,8)/t4-/m0/s1. The smallest absolute Gasteiger partial charge is 0.277 e. The molecule has 0 aliphatic heterocycles. The molecule has 3 nitrogen and oxygen atoms in total. The van der Waals surface area contributed by atoms with Crippen molar-refractivity contribution in [3.63, 3.8) is 0 Å². The van der Waals surface area contributed by atoms with Crippen molar-refractivity contribution in [1.82, 2.24) is 0 Å². The van der Waals surface area contributed by atoms with Gasteiger partial charge in [0.05, 0.1) is 5.25 Å². The summed E-state index contributed by atoms with van der Waals surface area (Å²) >= 11 is 0.870. The van der Waals surface area contributed by atoms with Gasteiger partial charge < -0.3 is 10.5 Å². The van der Waals surface area contributed by atoms with Gasteiger partial charge in [0.2, 0.25) is 0 Å². The van der Waals surface area contributed by atoms with Crippen LogP contribution >= 0.6 is 11.8 Å². The van der Waals surface area contributed by atoms with Gasteiger partial charge in [0.15, 0.2) is 0 Å². The van der Waals surface area contributed by atoms with Crippen molar-refractivity contribution in [2.75, 3.05) is 0 Å². The highest BCUT2D eigenvalue weighted by atomic mass is 32.2. The average Bonchev–Trinajstić information content (AvgIpc) is 1.82. The second-order valence-corrected chi connectivity index (χ2v) is 2.76. The van der Waals surface area contributed by atoms with E-state index >= 15 is 0 Å². The molecule has 0 aromatic rings. The predicted octanol–water partition coefficient (Wildman–Crippen LogP) is 0.776. The number of thioether (sulfide) groups is 1. The minimum absolute atomic E-state index is 0.262. The number of hydrogen-bond acceptors (Lipinski definition) is 3. The fraction of sp³-hybridized carbons (Fsp3) is 0.600. The molecule has 0 saturated heterocycles. The van der Waals surface area contributed by atoms with Gasteiger partial charge in [-0.15, -0.1) is 0 Å². The number of amides is 1. The number of nitrogens with two attached hydrogens (primary N) is 1. The van der Waals surface area contributed by atoms with Crippen LogP contribution in [0.1, 0.15) is 13.3 Å². The highest BCUT2D eigenvalue weighted by molar-refractivity contribution is 8.14. The lowest BCUT2D eigenvalue weighted by atomic mass is 10.4. The zero-order valence-electron chi connectivity index (χ0n) is 5.16. The van der Waals surface area contributed by atoms with Gasteiger partial charge in [-0.2, -0.15) is 0 Å². The molecule has 0 aromatic carbocycles. The minimum Gasteiger partial charge on any atom is -0.360 e. The van der Waals surface area contributed by atoms with E-state index in [4.69, 9.17) is 5.73 Å². The molecule has 0 fully saturated rings. The molecule has 0 aromatic heterocycles. The first-order valence-electron chi connectivity index (χ1n) is 2.62.